The van der Waals surface area contributed by atoms with E-state index in [-0.39, 0.29) is 30.5 Å². The first-order chi connectivity index (χ1) is 12.7. The Morgan fingerprint density at radius 1 is 1.19 bits per heavy atom. The molecule has 2 amide bonds. The highest BCUT2D eigenvalue weighted by atomic mass is 16.5. The normalized spacial score (nSPS) is 19.3. The summed E-state index contributed by atoms with van der Waals surface area (Å²) in [6.07, 6.45) is 7.80. The second-order valence-electron chi connectivity index (χ2n) is 6.69. The standard InChI is InChI=1S/C18H26N4O4/c1-25-13-17(23)22(15-4-10-26-11-5-15)14-2-8-21(9-3-14)18(24)16-12-19-6-7-20-16/h6-7,12,14-15H,2-5,8-11,13H2,1H3. The Hall–Kier alpha value is -2.06. The average molecular weight is 362 g/mol. The molecule has 8 nitrogen and oxygen atoms in total. The van der Waals surface area contributed by atoms with Crippen molar-refractivity contribution < 1.29 is 19.1 Å². The van der Waals surface area contributed by atoms with Gasteiger partial charge in [-0.05, 0) is 25.7 Å². The van der Waals surface area contributed by atoms with Gasteiger partial charge in [-0.25, -0.2) is 4.98 Å². The summed E-state index contributed by atoms with van der Waals surface area (Å²) in [5.41, 5.74) is 0.364. The molecule has 2 aliphatic rings. The number of likely N-dealkylation sites (tertiary alicyclic amines) is 1. The molecular weight excluding hydrogens is 336 g/mol. The first-order valence-electron chi connectivity index (χ1n) is 9.14. The zero-order valence-corrected chi connectivity index (χ0v) is 15.2. The fourth-order valence-corrected chi connectivity index (χ4v) is 3.79. The van der Waals surface area contributed by atoms with Crippen molar-refractivity contribution in [1.29, 1.82) is 0 Å². The van der Waals surface area contributed by atoms with Crippen LogP contribution in [0.1, 0.15) is 36.2 Å². The quantitative estimate of drug-likeness (QED) is 0.768. The Labute approximate surface area is 153 Å². The molecule has 0 spiro atoms. The van der Waals surface area contributed by atoms with Crippen molar-refractivity contribution in [3.63, 3.8) is 0 Å². The summed E-state index contributed by atoms with van der Waals surface area (Å²) in [7, 11) is 1.54. The third kappa shape index (κ3) is 4.37. The fourth-order valence-electron chi connectivity index (χ4n) is 3.79. The monoisotopic (exact) mass is 362 g/mol. The molecule has 8 heteroatoms. The lowest BCUT2D eigenvalue weighted by Crippen LogP contribution is -2.54. The number of carbonyl (C=O) groups excluding carboxylic acids is 2. The predicted molar refractivity (Wildman–Crippen MR) is 93.5 cm³/mol. The van der Waals surface area contributed by atoms with E-state index in [2.05, 4.69) is 9.97 Å². The van der Waals surface area contributed by atoms with Crippen LogP contribution in [-0.2, 0) is 14.3 Å². The van der Waals surface area contributed by atoms with Gasteiger partial charge in [-0.3, -0.25) is 14.6 Å². The van der Waals surface area contributed by atoms with Crippen LogP contribution in [0.15, 0.2) is 18.6 Å². The van der Waals surface area contributed by atoms with Gasteiger partial charge in [0.2, 0.25) is 5.91 Å². The van der Waals surface area contributed by atoms with Crippen molar-refractivity contribution in [2.45, 2.75) is 37.8 Å². The third-order valence-corrected chi connectivity index (χ3v) is 5.07. The molecule has 0 atom stereocenters. The maximum Gasteiger partial charge on any atom is 0.274 e. The molecule has 142 valence electrons. The fraction of sp³-hybridized carbons (Fsp3) is 0.667. The zero-order valence-electron chi connectivity index (χ0n) is 15.2. The number of nitrogens with zero attached hydrogens (tertiary/aromatic N) is 4. The second-order valence-corrected chi connectivity index (χ2v) is 6.69. The summed E-state index contributed by atoms with van der Waals surface area (Å²) in [4.78, 5) is 37.0. The Morgan fingerprint density at radius 3 is 2.50 bits per heavy atom. The van der Waals surface area contributed by atoms with Crippen molar-refractivity contribution in [3.05, 3.63) is 24.3 Å². The number of hydrogen-bond donors (Lipinski definition) is 0. The van der Waals surface area contributed by atoms with Crippen LogP contribution < -0.4 is 0 Å². The Kier molecular flexibility index (Phi) is 6.51. The number of aromatic nitrogens is 2. The van der Waals surface area contributed by atoms with E-state index in [0.29, 0.717) is 32.0 Å². The van der Waals surface area contributed by atoms with Gasteiger partial charge < -0.3 is 19.3 Å². The van der Waals surface area contributed by atoms with Gasteiger partial charge in [-0.1, -0.05) is 0 Å². The molecular formula is C18H26N4O4. The van der Waals surface area contributed by atoms with Crippen molar-refractivity contribution in [2.24, 2.45) is 0 Å². The van der Waals surface area contributed by atoms with Gasteiger partial charge in [0.05, 0.1) is 6.20 Å². The molecule has 26 heavy (non-hydrogen) atoms. The van der Waals surface area contributed by atoms with Crippen molar-refractivity contribution in [1.82, 2.24) is 19.8 Å². The minimum atomic E-state index is -0.0996. The summed E-state index contributed by atoms with van der Waals surface area (Å²) in [5, 5.41) is 0. The van der Waals surface area contributed by atoms with Crippen LogP contribution in [0.4, 0.5) is 0 Å². The van der Waals surface area contributed by atoms with E-state index in [1.807, 2.05) is 4.90 Å². The van der Waals surface area contributed by atoms with E-state index in [9.17, 15) is 9.59 Å². The lowest BCUT2D eigenvalue weighted by molar-refractivity contribution is -0.143. The van der Waals surface area contributed by atoms with Gasteiger partial charge >= 0.3 is 0 Å². The Morgan fingerprint density at radius 2 is 1.88 bits per heavy atom. The predicted octanol–water partition coefficient (Wildman–Crippen LogP) is 0.735. The van der Waals surface area contributed by atoms with Crippen LogP contribution in [0, 0.1) is 0 Å². The molecule has 0 bridgehead atoms. The minimum Gasteiger partial charge on any atom is -0.381 e. The van der Waals surface area contributed by atoms with E-state index in [1.54, 1.807) is 18.2 Å². The number of hydrogen-bond acceptors (Lipinski definition) is 6. The summed E-state index contributed by atoms with van der Waals surface area (Å²) >= 11 is 0. The molecule has 3 heterocycles. The highest BCUT2D eigenvalue weighted by molar-refractivity contribution is 5.92. The number of ether oxygens (including phenoxy) is 2. The highest BCUT2D eigenvalue weighted by Gasteiger charge is 2.35. The minimum absolute atomic E-state index is 0.0260. The summed E-state index contributed by atoms with van der Waals surface area (Å²) in [5.74, 6) is -0.0736. The molecule has 1 aromatic heterocycles. The number of rotatable bonds is 5. The maximum absolute atomic E-state index is 12.6. The summed E-state index contributed by atoms with van der Waals surface area (Å²) in [6, 6.07) is 0.324. The van der Waals surface area contributed by atoms with Crippen LogP contribution in [0.2, 0.25) is 0 Å². The smallest absolute Gasteiger partial charge is 0.274 e. The van der Waals surface area contributed by atoms with Gasteiger partial charge in [-0.2, -0.15) is 0 Å². The van der Waals surface area contributed by atoms with Crippen LogP contribution in [0.25, 0.3) is 0 Å². The highest BCUT2D eigenvalue weighted by Crippen LogP contribution is 2.24. The molecule has 0 saturated carbocycles. The first-order valence-corrected chi connectivity index (χ1v) is 9.14. The van der Waals surface area contributed by atoms with Crippen molar-refractivity contribution in [2.75, 3.05) is 40.0 Å². The molecule has 0 unspecified atom stereocenters. The van der Waals surface area contributed by atoms with E-state index < -0.39 is 0 Å². The summed E-state index contributed by atoms with van der Waals surface area (Å²) in [6.45, 7) is 2.69. The SMILES string of the molecule is COCC(=O)N(C1CCOCC1)C1CCN(C(=O)c2cnccn2)CC1. The first kappa shape index (κ1) is 18.7. The van der Waals surface area contributed by atoms with Crippen molar-refractivity contribution in [3.8, 4) is 0 Å². The van der Waals surface area contributed by atoms with E-state index >= 15 is 0 Å². The topological polar surface area (TPSA) is 84.9 Å². The van der Waals surface area contributed by atoms with E-state index in [0.717, 1.165) is 25.7 Å². The number of piperidine rings is 1. The molecule has 1 aromatic rings. The van der Waals surface area contributed by atoms with Gasteiger partial charge in [0.1, 0.15) is 12.3 Å². The molecule has 2 aliphatic heterocycles. The van der Waals surface area contributed by atoms with E-state index in [4.69, 9.17) is 9.47 Å². The van der Waals surface area contributed by atoms with Gasteiger partial charge in [0, 0.05) is 57.9 Å². The largest absolute Gasteiger partial charge is 0.381 e. The van der Waals surface area contributed by atoms with Crippen LogP contribution in [-0.4, -0.2) is 83.7 Å². The lowest BCUT2D eigenvalue weighted by atomic mass is 9.97. The van der Waals surface area contributed by atoms with E-state index in [1.165, 1.54) is 12.4 Å². The number of carbonyl (C=O) groups is 2. The Balaban J connectivity index is 1.63. The molecule has 0 aromatic carbocycles. The van der Waals surface area contributed by atoms with Crippen molar-refractivity contribution >= 4 is 11.8 Å². The second kappa shape index (κ2) is 9.05. The molecule has 0 aliphatic carbocycles. The lowest BCUT2D eigenvalue weighted by Gasteiger charge is -2.43. The number of methoxy groups -OCH3 is 1. The maximum atomic E-state index is 12.6. The van der Waals surface area contributed by atoms with Crippen LogP contribution in [0.3, 0.4) is 0 Å². The molecule has 3 rings (SSSR count). The van der Waals surface area contributed by atoms with Gasteiger partial charge in [0.25, 0.3) is 5.91 Å². The third-order valence-electron chi connectivity index (χ3n) is 5.07. The Bertz CT molecular complexity index is 598. The van der Waals surface area contributed by atoms with Crippen LogP contribution in [0.5, 0.6) is 0 Å². The average Bonchev–Trinajstić information content (AvgIpc) is 2.70. The molecule has 2 fully saturated rings. The number of amides is 2. The van der Waals surface area contributed by atoms with Crippen LogP contribution >= 0.6 is 0 Å². The van der Waals surface area contributed by atoms with Gasteiger partial charge in [-0.15, -0.1) is 0 Å². The molecule has 0 radical (unpaired) electrons. The van der Waals surface area contributed by atoms with Gasteiger partial charge in [0.15, 0.2) is 0 Å². The molecule has 0 N–H and O–H groups in total. The molecule has 2 saturated heterocycles. The zero-order chi connectivity index (χ0) is 18.4. The summed E-state index contributed by atoms with van der Waals surface area (Å²) < 4.78 is 10.5.